The summed E-state index contributed by atoms with van der Waals surface area (Å²) in [5.41, 5.74) is 0.921. The van der Waals surface area contributed by atoms with Crippen molar-refractivity contribution in [1.82, 2.24) is 9.21 Å². The van der Waals surface area contributed by atoms with Crippen LogP contribution in [-0.4, -0.2) is 49.6 Å². The van der Waals surface area contributed by atoms with E-state index in [1.54, 1.807) is 16.4 Å². The molecule has 1 aromatic rings. The molecule has 0 bridgehead atoms. The van der Waals surface area contributed by atoms with E-state index in [0.717, 1.165) is 25.2 Å². The Morgan fingerprint density at radius 2 is 1.88 bits per heavy atom. The van der Waals surface area contributed by atoms with Gasteiger partial charge in [0.15, 0.2) is 0 Å². The number of benzene rings is 1. The third kappa shape index (κ3) is 6.06. The Bertz CT molecular complexity index is 649. The van der Waals surface area contributed by atoms with Crippen LogP contribution in [0.2, 0.25) is 5.02 Å². The molecule has 132 valence electrons. The van der Waals surface area contributed by atoms with Crippen LogP contribution in [0.3, 0.4) is 0 Å². The van der Waals surface area contributed by atoms with Crippen LogP contribution >= 0.6 is 11.6 Å². The summed E-state index contributed by atoms with van der Waals surface area (Å²) in [6.07, 6.45) is 3.01. The van der Waals surface area contributed by atoms with Crippen molar-refractivity contribution in [3.8, 4) is 6.07 Å². The SMILES string of the molecule is N#CCCCS(=O)(=O)N(CCN1CCCC1)Cc1ccc(Cl)cc1. The predicted octanol–water partition coefficient (Wildman–Crippen LogP) is 2.87. The summed E-state index contributed by atoms with van der Waals surface area (Å²) in [6.45, 7) is 3.68. The van der Waals surface area contributed by atoms with Crippen LogP contribution in [0.5, 0.6) is 0 Å². The van der Waals surface area contributed by atoms with Gasteiger partial charge < -0.3 is 4.90 Å². The Hall–Kier alpha value is -1.13. The van der Waals surface area contributed by atoms with E-state index < -0.39 is 10.0 Å². The molecule has 0 amide bonds. The Kier molecular flexibility index (Phi) is 7.50. The summed E-state index contributed by atoms with van der Waals surface area (Å²) in [4.78, 5) is 2.31. The average molecular weight is 370 g/mol. The summed E-state index contributed by atoms with van der Waals surface area (Å²) in [6, 6.07) is 9.27. The van der Waals surface area contributed by atoms with Crippen LogP contribution in [0.1, 0.15) is 31.2 Å². The Morgan fingerprint density at radius 1 is 1.21 bits per heavy atom. The zero-order valence-corrected chi connectivity index (χ0v) is 15.4. The molecule has 7 heteroatoms. The van der Waals surface area contributed by atoms with Crippen LogP contribution in [0, 0.1) is 11.3 Å². The van der Waals surface area contributed by atoms with Gasteiger partial charge in [-0.1, -0.05) is 23.7 Å². The molecule has 2 rings (SSSR count). The van der Waals surface area contributed by atoms with Crippen molar-refractivity contribution >= 4 is 21.6 Å². The smallest absolute Gasteiger partial charge is 0.214 e. The fraction of sp³-hybridized carbons (Fsp3) is 0.588. The minimum Gasteiger partial charge on any atom is -0.302 e. The number of rotatable bonds is 9. The van der Waals surface area contributed by atoms with Crippen LogP contribution in [-0.2, 0) is 16.6 Å². The molecule has 0 aromatic heterocycles. The van der Waals surface area contributed by atoms with Crippen LogP contribution in [0.25, 0.3) is 0 Å². The molecule has 5 nitrogen and oxygen atoms in total. The van der Waals surface area contributed by atoms with Gasteiger partial charge in [-0.3, -0.25) is 0 Å². The van der Waals surface area contributed by atoms with Gasteiger partial charge in [0.05, 0.1) is 11.8 Å². The molecule has 1 aromatic carbocycles. The van der Waals surface area contributed by atoms with E-state index in [-0.39, 0.29) is 12.2 Å². The number of nitrogens with zero attached hydrogens (tertiary/aromatic N) is 3. The quantitative estimate of drug-likeness (QED) is 0.628. The maximum absolute atomic E-state index is 12.7. The first-order chi connectivity index (χ1) is 11.5. The van der Waals surface area contributed by atoms with Gasteiger partial charge in [0, 0.05) is 31.1 Å². The van der Waals surface area contributed by atoms with Gasteiger partial charge in [0.25, 0.3) is 0 Å². The second-order valence-corrected chi connectivity index (χ2v) is 8.61. The minimum absolute atomic E-state index is 0.0220. The van der Waals surface area contributed by atoms with Crippen molar-refractivity contribution in [1.29, 1.82) is 5.26 Å². The van der Waals surface area contributed by atoms with Gasteiger partial charge >= 0.3 is 0 Å². The van der Waals surface area contributed by atoms with E-state index in [1.807, 2.05) is 18.2 Å². The molecule has 0 N–H and O–H groups in total. The highest BCUT2D eigenvalue weighted by atomic mass is 35.5. The number of nitriles is 1. The largest absolute Gasteiger partial charge is 0.302 e. The maximum atomic E-state index is 12.7. The van der Waals surface area contributed by atoms with Crippen molar-refractivity contribution in [3.63, 3.8) is 0 Å². The zero-order chi connectivity index (χ0) is 17.4. The molecule has 1 heterocycles. The lowest BCUT2D eigenvalue weighted by Crippen LogP contribution is -2.38. The van der Waals surface area contributed by atoms with Gasteiger partial charge in [0.1, 0.15) is 0 Å². The number of unbranched alkanes of at least 4 members (excludes halogenated alkanes) is 1. The molecule has 0 radical (unpaired) electrons. The first-order valence-corrected chi connectivity index (χ1v) is 10.3. The van der Waals surface area contributed by atoms with Gasteiger partial charge in [-0.05, 0) is 50.0 Å². The van der Waals surface area contributed by atoms with E-state index in [4.69, 9.17) is 16.9 Å². The van der Waals surface area contributed by atoms with Crippen molar-refractivity contribution in [2.45, 2.75) is 32.2 Å². The van der Waals surface area contributed by atoms with Crippen LogP contribution < -0.4 is 0 Å². The molecule has 1 fully saturated rings. The predicted molar refractivity (Wildman–Crippen MR) is 96.2 cm³/mol. The first kappa shape index (κ1) is 19.2. The molecule has 0 atom stereocenters. The standard InChI is InChI=1S/C17H24ClN3O2S/c18-17-7-5-16(6-8-17)15-21(13-12-20-10-2-3-11-20)24(22,23)14-4-1-9-19/h5-8H,1-4,10-15H2. The lowest BCUT2D eigenvalue weighted by molar-refractivity contribution is 0.291. The third-order valence-electron chi connectivity index (χ3n) is 4.22. The molecule has 24 heavy (non-hydrogen) atoms. The average Bonchev–Trinajstić information content (AvgIpc) is 3.06. The fourth-order valence-corrected chi connectivity index (χ4v) is 4.43. The lowest BCUT2D eigenvalue weighted by atomic mass is 10.2. The topological polar surface area (TPSA) is 64.4 Å². The number of sulfonamides is 1. The van der Waals surface area contributed by atoms with Gasteiger partial charge in [-0.15, -0.1) is 0 Å². The number of hydrogen-bond acceptors (Lipinski definition) is 4. The van der Waals surface area contributed by atoms with E-state index in [0.29, 0.717) is 24.5 Å². The Morgan fingerprint density at radius 3 is 2.50 bits per heavy atom. The van der Waals surface area contributed by atoms with Gasteiger partial charge in [-0.25, -0.2) is 8.42 Å². The molecule has 1 aliphatic heterocycles. The molecule has 1 aliphatic rings. The van der Waals surface area contributed by atoms with E-state index >= 15 is 0 Å². The highest BCUT2D eigenvalue weighted by molar-refractivity contribution is 7.89. The van der Waals surface area contributed by atoms with Gasteiger partial charge in [-0.2, -0.15) is 9.57 Å². The zero-order valence-electron chi connectivity index (χ0n) is 13.8. The van der Waals surface area contributed by atoms with Crippen molar-refractivity contribution in [2.75, 3.05) is 31.9 Å². The second kappa shape index (κ2) is 9.38. The number of hydrogen-bond donors (Lipinski definition) is 0. The van der Waals surface area contributed by atoms with E-state index in [9.17, 15) is 8.42 Å². The van der Waals surface area contributed by atoms with E-state index in [2.05, 4.69) is 4.90 Å². The minimum atomic E-state index is -3.37. The normalized spacial score (nSPS) is 15.7. The van der Waals surface area contributed by atoms with Crippen molar-refractivity contribution in [2.24, 2.45) is 0 Å². The fourth-order valence-electron chi connectivity index (χ4n) is 2.83. The second-order valence-electron chi connectivity index (χ2n) is 6.09. The maximum Gasteiger partial charge on any atom is 0.214 e. The summed E-state index contributed by atoms with van der Waals surface area (Å²) in [7, 11) is -3.37. The highest BCUT2D eigenvalue weighted by Crippen LogP contribution is 2.16. The summed E-state index contributed by atoms with van der Waals surface area (Å²) in [5, 5.41) is 9.27. The van der Waals surface area contributed by atoms with Gasteiger partial charge in [0.2, 0.25) is 10.0 Å². The Labute approximate surface area is 149 Å². The summed E-state index contributed by atoms with van der Waals surface area (Å²) in [5.74, 6) is 0.0220. The summed E-state index contributed by atoms with van der Waals surface area (Å²) >= 11 is 5.90. The van der Waals surface area contributed by atoms with Crippen molar-refractivity contribution in [3.05, 3.63) is 34.9 Å². The monoisotopic (exact) mass is 369 g/mol. The molecule has 0 spiro atoms. The van der Waals surface area contributed by atoms with Crippen molar-refractivity contribution < 1.29 is 8.42 Å². The van der Waals surface area contributed by atoms with Crippen LogP contribution in [0.15, 0.2) is 24.3 Å². The molecule has 0 saturated carbocycles. The molecule has 0 unspecified atom stereocenters. The van der Waals surface area contributed by atoms with Crippen LogP contribution in [0.4, 0.5) is 0 Å². The lowest BCUT2D eigenvalue weighted by Gasteiger charge is -2.25. The first-order valence-electron chi connectivity index (χ1n) is 8.33. The molecular formula is C17H24ClN3O2S. The Balaban J connectivity index is 2.04. The number of likely N-dealkylation sites (tertiary alicyclic amines) is 1. The number of halogens is 1. The molecular weight excluding hydrogens is 346 g/mol. The molecule has 1 saturated heterocycles. The van der Waals surface area contributed by atoms with E-state index in [1.165, 1.54) is 12.8 Å². The third-order valence-corrected chi connectivity index (χ3v) is 6.38. The summed E-state index contributed by atoms with van der Waals surface area (Å²) < 4.78 is 26.9. The highest BCUT2D eigenvalue weighted by Gasteiger charge is 2.23. The molecule has 0 aliphatic carbocycles.